The van der Waals surface area contributed by atoms with Gasteiger partial charge in [-0.15, -0.1) is 0 Å². The van der Waals surface area contributed by atoms with Crippen molar-refractivity contribution >= 4 is 12.0 Å². The number of nitrogens with zero attached hydrogens (tertiary/aromatic N) is 2. The molecule has 0 radical (unpaired) electrons. The van der Waals surface area contributed by atoms with Crippen molar-refractivity contribution in [3.8, 4) is 11.5 Å². The van der Waals surface area contributed by atoms with E-state index in [1.165, 1.54) is 31.7 Å². The van der Waals surface area contributed by atoms with Crippen LogP contribution in [0.2, 0.25) is 0 Å². The molecular weight excluding hydrogens is 366 g/mol. The van der Waals surface area contributed by atoms with Crippen molar-refractivity contribution in [2.75, 3.05) is 6.54 Å². The summed E-state index contributed by atoms with van der Waals surface area (Å²) in [5, 5.41) is 12.1. The number of pyridine rings is 1. The van der Waals surface area contributed by atoms with Crippen molar-refractivity contribution in [3.63, 3.8) is 0 Å². The van der Waals surface area contributed by atoms with Crippen LogP contribution in [-0.4, -0.2) is 34.0 Å². The number of rotatable bonds is 6. The second-order valence-electron chi connectivity index (χ2n) is 6.87. The van der Waals surface area contributed by atoms with Gasteiger partial charge < -0.3 is 14.9 Å². The number of phenolic OH excluding ortho intramolecular Hbond substituents is 1. The Morgan fingerprint density at radius 3 is 2.79 bits per heavy atom. The van der Waals surface area contributed by atoms with Crippen molar-refractivity contribution < 1.29 is 14.6 Å². The minimum atomic E-state index is -0.0796. The summed E-state index contributed by atoms with van der Waals surface area (Å²) < 4.78 is 5.86. The first-order valence-electron chi connectivity index (χ1n) is 10.3. The highest BCUT2D eigenvalue weighted by Gasteiger charge is 2.29. The summed E-state index contributed by atoms with van der Waals surface area (Å²) in [5.41, 5.74) is 6.54. The highest BCUT2D eigenvalue weighted by atomic mass is 16.5. The molecule has 0 atom stereocenters. The van der Waals surface area contributed by atoms with Crippen LogP contribution in [0.4, 0.5) is 0 Å². The van der Waals surface area contributed by atoms with E-state index in [4.69, 9.17) is 4.74 Å². The molecule has 2 N–H and O–H groups in total. The standard InChI is InChI=1S/C21H23N3O3.C2H6/c25-13-17-19(26)8-3-9-20(17)27-14-15-5-4-11-22-21(15)18-10-12-23-24(18)16-6-1-2-7-16;1-2/h3-5,8-11,13,16,23,26H,1-2,6-7,12,14H2;1-2H3. The first kappa shape index (κ1) is 20.9. The smallest absolute Gasteiger partial charge is 0.157 e. The van der Waals surface area contributed by atoms with E-state index in [0.29, 0.717) is 18.1 Å². The first-order valence-corrected chi connectivity index (χ1v) is 10.3. The largest absolute Gasteiger partial charge is 0.507 e. The number of hydrazine groups is 1. The number of phenols is 1. The van der Waals surface area contributed by atoms with Crippen LogP contribution in [0.3, 0.4) is 0 Å². The van der Waals surface area contributed by atoms with E-state index >= 15 is 0 Å². The fraction of sp³-hybridized carbons (Fsp3) is 0.391. The number of aromatic nitrogens is 1. The SMILES string of the molecule is CC.O=Cc1c(O)cccc1OCc1cccnc1C1=CCNN1C1CCCC1. The van der Waals surface area contributed by atoms with Crippen LogP contribution >= 0.6 is 0 Å². The number of aromatic hydroxyl groups is 1. The van der Waals surface area contributed by atoms with Gasteiger partial charge in [-0.3, -0.25) is 9.78 Å². The van der Waals surface area contributed by atoms with Crippen LogP contribution in [0, 0.1) is 0 Å². The van der Waals surface area contributed by atoms with E-state index in [1.54, 1.807) is 18.3 Å². The Morgan fingerprint density at radius 1 is 1.24 bits per heavy atom. The zero-order valence-corrected chi connectivity index (χ0v) is 17.1. The predicted octanol–water partition coefficient (Wildman–Crippen LogP) is 4.31. The highest BCUT2D eigenvalue weighted by Crippen LogP contribution is 2.32. The number of ether oxygens (including phenoxy) is 1. The number of carbonyl (C=O) groups is 1. The molecule has 1 fully saturated rings. The molecule has 1 saturated carbocycles. The molecule has 4 rings (SSSR count). The number of hydrogen-bond acceptors (Lipinski definition) is 6. The number of aldehydes is 1. The van der Waals surface area contributed by atoms with Gasteiger partial charge in [0.1, 0.15) is 18.1 Å². The zero-order valence-electron chi connectivity index (χ0n) is 17.1. The van der Waals surface area contributed by atoms with Gasteiger partial charge in [0.05, 0.1) is 17.0 Å². The van der Waals surface area contributed by atoms with Crippen molar-refractivity contribution in [2.24, 2.45) is 0 Å². The van der Waals surface area contributed by atoms with E-state index in [0.717, 1.165) is 23.5 Å². The van der Waals surface area contributed by atoms with Gasteiger partial charge in [-0.1, -0.05) is 38.8 Å². The maximum Gasteiger partial charge on any atom is 0.157 e. The number of carbonyl (C=O) groups excluding carboxylic acids is 1. The van der Waals surface area contributed by atoms with Gasteiger partial charge in [0.2, 0.25) is 0 Å². The number of nitrogens with one attached hydrogen (secondary N) is 1. The van der Waals surface area contributed by atoms with Gasteiger partial charge in [-0.25, -0.2) is 5.43 Å². The topological polar surface area (TPSA) is 74.7 Å². The predicted molar refractivity (Wildman–Crippen MR) is 113 cm³/mol. The van der Waals surface area contributed by atoms with E-state index in [2.05, 4.69) is 21.5 Å². The highest BCUT2D eigenvalue weighted by molar-refractivity contribution is 5.83. The molecule has 6 nitrogen and oxygen atoms in total. The zero-order chi connectivity index (χ0) is 20.6. The summed E-state index contributed by atoms with van der Waals surface area (Å²) in [5.74, 6) is 0.287. The lowest BCUT2D eigenvalue weighted by atomic mass is 10.1. The van der Waals surface area contributed by atoms with Crippen molar-refractivity contribution in [2.45, 2.75) is 52.2 Å². The summed E-state index contributed by atoms with van der Waals surface area (Å²) >= 11 is 0. The lowest BCUT2D eigenvalue weighted by Crippen LogP contribution is -2.39. The number of benzene rings is 1. The van der Waals surface area contributed by atoms with Crippen molar-refractivity contribution in [3.05, 3.63) is 59.4 Å². The average molecular weight is 396 g/mol. The van der Waals surface area contributed by atoms with Crippen LogP contribution in [0.15, 0.2) is 42.6 Å². The van der Waals surface area contributed by atoms with E-state index in [9.17, 15) is 9.90 Å². The third-order valence-electron chi connectivity index (χ3n) is 5.18. The molecule has 1 aromatic carbocycles. The molecule has 154 valence electrons. The Labute approximate surface area is 172 Å². The molecule has 2 aliphatic rings. The van der Waals surface area contributed by atoms with Gasteiger partial charge in [-0.05, 0) is 37.1 Å². The first-order chi connectivity index (χ1) is 14.3. The molecule has 0 bridgehead atoms. The lowest BCUT2D eigenvalue weighted by Gasteiger charge is -2.29. The molecule has 1 aromatic heterocycles. The molecule has 0 spiro atoms. The lowest BCUT2D eigenvalue weighted by molar-refractivity contribution is 0.111. The van der Waals surface area contributed by atoms with Crippen LogP contribution in [-0.2, 0) is 6.61 Å². The molecule has 2 heterocycles. The summed E-state index contributed by atoms with van der Waals surface area (Å²) in [6.45, 7) is 5.06. The van der Waals surface area contributed by atoms with Gasteiger partial charge in [0.25, 0.3) is 0 Å². The third-order valence-corrected chi connectivity index (χ3v) is 5.18. The molecule has 29 heavy (non-hydrogen) atoms. The fourth-order valence-corrected chi connectivity index (χ4v) is 3.84. The van der Waals surface area contributed by atoms with Crippen LogP contribution in [0.1, 0.15) is 61.1 Å². The normalized spacial score (nSPS) is 16.2. The van der Waals surface area contributed by atoms with Gasteiger partial charge in [0, 0.05) is 24.3 Å². The Morgan fingerprint density at radius 2 is 2.03 bits per heavy atom. The van der Waals surface area contributed by atoms with Crippen LogP contribution in [0.5, 0.6) is 11.5 Å². The second kappa shape index (κ2) is 10.1. The van der Waals surface area contributed by atoms with Crippen LogP contribution in [0.25, 0.3) is 5.70 Å². The maximum absolute atomic E-state index is 11.2. The summed E-state index contributed by atoms with van der Waals surface area (Å²) in [6, 6.07) is 9.18. The van der Waals surface area contributed by atoms with Crippen LogP contribution < -0.4 is 10.2 Å². The van der Waals surface area contributed by atoms with E-state index in [1.807, 2.05) is 26.0 Å². The summed E-state index contributed by atoms with van der Waals surface area (Å²) in [4.78, 5) is 15.9. The second-order valence-corrected chi connectivity index (χ2v) is 6.87. The molecule has 0 saturated heterocycles. The van der Waals surface area contributed by atoms with Crippen molar-refractivity contribution in [1.82, 2.24) is 15.4 Å². The molecule has 6 heteroatoms. The monoisotopic (exact) mass is 395 g/mol. The Kier molecular flexibility index (Phi) is 7.25. The quantitative estimate of drug-likeness (QED) is 0.710. The summed E-state index contributed by atoms with van der Waals surface area (Å²) in [6.07, 6.45) is 9.47. The molecule has 2 aromatic rings. The Balaban J connectivity index is 0.00000117. The molecular formula is C23H29N3O3. The average Bonchev–Trinajstić information content (AvgIpc) is 3.45. The van der Waals surface area contributed by atoms with Gasteiger partial charge in [0.15, 0.2) is 6.29 Å². The Bertz CT molecular complexity index is 860. The maximum atomic E-state index is 11.2. The molecule has 1 aliphatic heterocycles. The van der Waals surface area contributed by atoms with E-state index in [-0.39, 0.29) is 17.9 Å². The van der Waals surface area contributed by atoms with Gasteiger partial charge >= 0.3 is 0 Å². The molecule has 0 amide bonds. The van der Waals surface area contributed by atoms with E-state index < -0.39 is 0 Å². The Hall–Kier alpha value is -2.86. The van der Waals surface area contributed by atoms with Gasteiger partial charge in [-0.2, -0.15) is 0 Å². The third kappa shape index (κ3) is 4.59. The summed E-state index contributed by atoms with van der Waals surface area (Å²) in [7, 11) is 0. The molecule has 1 aliphatic carbocycles. The number of hydrogen-bond donors (Lipinski definition) is 2. The minimum absolute atomic E-state index is 0.0796. The minimum Gasteiger partial charge on any atom is -0.507 e. The fourth-order valence-electron chi connectivity index (χ4n) is 3.84. The molecule has 0 unspecified atom stereocenters. The van der Waals surface area contributed by atoms with Crippen molar-refractivity contribution in [1.29, 1.82) is 0 Å².